The summed E-state index contributed by atoms with van der Waals surface area (Å²) in [6, 6.07) is 17.0. The van der Waals surface area contributed by atoms with Crippen LogP contribution < -0.4 is 26.7 Å². The Morgan fingerprint density at radius 1 is 1.14 bits per heavy atom. The number of benzene rings is 2. The molecule has 4 N–H and O–H groups in total. The van der Waals surface area contributed by atoms with E-state index in [1.54, 1.807) is 6.07 Å². The molecule has 0 spiro atoms. The molecule has 2 aromatic carbocycles. The van der Waals surface area contributed by atoms with Crippen molar-refractivity contribution in [3.05, 3.63) is 86.6 Å². The molecule has 0 aliphatic heterocycles. The molecule has 3 rings (SSSR count). The summed E-state index contributed by atoms with van der Waals surface area (Å²) < 4.78 is 5.74. The van der Waals surface area contributed by atoms with Gasteiger partial charge in [0.25, 0.3) is 11.5 Å². The maximum Gasteiger partial charge on any atom is 0.342 e. The molecule has 0 radical (unpaired) electrons. The van der Waals surface area contributed by atoms with Gasteiger partial charge < -0.3 is 10.1 Å². The van der Waals surface area contributed by atoms with Crippen molar-refractivity contribution in [1.82, 2.24) is 20.6 Å². The molecule has 0 aliphatic rings. The predicted molar refractivity (Wildman–Crippen MR) is 107 cm³/mol. The van der Waals surface area contributed by atoms with Crippen LogP contribution in [0.15, 0.2) is 69.3 Å². The quantitative estimate of drug-likeness (QED) is 0.326. The lowest BCUT2D eigenvalue weighted by molar-refractivity contribution is -0.119. The van der Waals surface area contributed by atoms with Crippen molar-refractivity contribution in [2.24, 2.45) is 5.10 Å². The van der Waals surface area contributed by atoms with Crippen LogP contribution in [-0.4, -0.2) is 33.8 Å². The van der Waals surface area contributed by atoms with Crippen molar-refractivity contribution in [2.45, 2.75) is 6.61 Å². The summed E-state index contributed by atoms with van der Waals surface area (Å²) in [5.74, 6) is 0.00583. The lowest BCUT2D eigenvalue weighted by Gasteiger charge is -2.06. The Hall–Kier alpha value is -4.21. The van der Waals surface area contributed by atoms with Gasteiger partial charge in [0.2, 0.25) is 5.82 Å². The summed E-state index contributed by atoms with van der Waals surface area (Å²) >= 11 is 0. The number of amides is 1. The van der Waals surface area contributed by atoms with Crippen molar-refractivity contribution >= 4 is 17.9 Å². The Bertz CT molecular complexity index is 1110. The fourth-order valence-electron chi connectivity index (χ4n) is 2.28. The number of hydrogen-bond acceptors (Lipinski definition) is 7. The highest BCUT2D eigenvalue weighted by Gasteiger charge is 2.04. The number of aromatic amines is 2. The second kappa shape index (κ2) is 9.65. The van der Waals surface area contributed by atoms with Gasteiger partial charge in [0.05, 0.1) is 12.8 Å². The summed E-state index contributed by atoms with van der Waals surface area (Å²) in [6.45, 7) is 0.196. The molecule has 0 bridgehead atoms. The van der Waals surface area contributed by atoms with Gasteiger partial charge in [-0.15, -0.1) is 5.10 Å². The first-order valence-electron chi connectivity index (χ1n) is 8.62. The van der Waals surface area contributed by atoms with Gasteiger partial charge in [-0.2, -0.15) is 5.10 Å². The number of hydrazone groups is 1. The zero-order valence-electron chi connectivity index (χ0n) is 15.2. The zero-order valence-corrected chi connectivity index (χ0v) is 15.2. The molecule has 0 aliphatic carbocycles. The molecule has 0 saturated carbocycles. The summed E-state index contributed by atoms with van der Waals surface area (Å²) in [7, 11) is 0. The molecule has 0 fully saturated rings. The summed E-state index contributed by atoms with van der Waals surface area (Å²) in [4.78, 5) is 36.1. The molecule has 10 heteroatoms. The van der Waals surface area contributed by atoms with E-state index < -0.39 is 17.2 Å². The van der Waals surface area contributed by atoms with E-state index in [1.807, 2.05) is 53.5 Å². The van der Waals surface area contributed by atoms with E-state index in [1.165, 1.54) is 6.21 Å². The molecule has 29 heavy (non-hydrogen) atoms. The van der Waals surface area contributed by atoms with Gasteiger partial charge >= 0.3 is 5.69 Å². The van der Waals surface area contributed by atoms with Crippen molar-refractivity contribution in [1.29, 1.82) is 0 Å². The number of ether oxygens (including phenoxy) is 1. The van der Waals surface area contributed by atoms with Gasteiger partial charge in [-0.05, 0) is 23.3 Å². The number of aromatic nitrogens is 3. The van der Waals surface area contributed by atoms with Crippen molar-refractivity contribution in [2.75, 3.05) is 11.9 Å². The van der Waals surface area contributed by atoms with Crippen LogP contribution in [-0.2, 0) is 11.4 Å². The molecule has 148 valence electrons. The lowest BCUT2D eigenvalue weighted by Crippen LogP contribution is -2.31. The van der Waals surface area contributed by atoms with E-state index in [0.717, 1.165) is 11.1 Å². The van der Waals surface area contributed by atoms with Crippen molar-refractivity contribution in [3.8, 4) is 5.75 Å². The van der Waals surface area contributed by atoms with Crippen LogP contribution in [0.4, 0.5) is 5.82 Å². The molecule has 10 nitrogen and oxygen atoms in total. The molecule has 0 saturated heterocycles. The average Bonchev–Trinajstić information content (AvgIpc) is 2.73. The minimum absolute atomic E-state index is 0.174. The number of hydrogen-bond donors (Lipinski definition) is 4. The number of H-pyrrole nitrogens is 2. The maximum atomic E-state index is 11.8. The fourth-order valence-corrected chi connectivity index (χ4v) is 2.28. The second-order valence-corrected chi connectivity index (χ2v) is 5.85. The highest BCUT2D eigenvalue weighted by molar-refractivity contribution is 5.84. The van der Waals surface area contributed by atoms with Gasteiger partial charge in [-0.3, -0.25) is 14.6 Å². The first kappa shape index (κ1) is 19.5. The summed E-state index contributed by atoms with van der Waals surface area (Å²) in [5, 5.41) is 11.9. The van der Waals surface area contributed by atoms with Crippen molar-refractivity contribution < 1.29 is 9.53 Å². The lowest BCUT2D eigenvalue weighted by atomic mass is 10.2. The Morgan fingerprint density at radius 3 is 2.76 bits per heavy atom. The minimum Gasteiger partial charge on any atom is -0.489 e. The number of anilines is 1. The summed E-state index contributed by atoms with van der Waals surface area (Å²) in [5.41, 5.74) is 2.66. The van der Waals surface area contributed by atoms with E-state index in [-0.39, 0.29) is 12.4 Å². The number of nitrogens with one attached hydrogen (secondary N) is 4. The molecule has 1 heterocycles. The molecule has 0 atom stereocenters. The molecule has 1 aromatic heterocycles. The van der Waals surface area contributed by atoms with E-state index in [9.17, 15) is 14.4 Å². The number of carbonyl (C=O) groups excluding carboxylic acids is 1. The third-order valence-corrected chi connectivity index (χ3v) is 3.64. The van der Waals surface area contributed by atoms with Crippen LogP contribution in [0.3, 0.4) is 0 Å². The van der Waals surface area contributed by atoms with Crippen LogP contribution in [0.2, 0.25) is 0 Å². The predicted octanol–water partition coefficient (Wildman–Crippen LogP) is 0.599. The van der Waals surface area contributed by atoms with E-state index >= 15 is 0 Å². The molecule has 0 unspecified atom stereocenters. The third kappa shape index (κ3) is 6.17. The normalized spacial score (nSPS) is 10.6. The van der Waals surface area contributed by atoms with Crippen molar-refractivity contribution in [3.63, 3.8) is 0 Å². The van der Waals surface area contributed by atoms with Crippen LogP contribution in [0.25, 0.3) is 0 Å². The van der Waals surface area contributed by atoms with Gasteiger partial charge in [0.15, 0.2) is 0 Å². The number of nitrogens with zero attached hydrogens (tertiary/aromatic N) is 2. The van der Waals surface area contributed by atoms with E-state index in [4.69, 9.17) is 4.74 Å². The van der Waals surface area contributed by atoms with E-state index in [2.05, 4.69) is 26.0 Å². The fraction of sp³-hybridized carbons (Fsp3) is 0.105. The first-order valence-corrected chi connectivity index (χ1v) is 8.62. The highest BCUT2D eigenvalue weighted by Crippen LogP contribution is 2.14. The third-order valence-electron chi connectivity index (χ3n) is 3.64. The summed E-state index contributed by atoms with van der Waals surface area (Å²) in [6.07, 6.45) is 1.47. The Balaban J connectivity index is 1.48. The largest absolute Gasteiger partial charge is 0.489 e. The number of carbonyl (C=O) groups is 1. The van der Waals surface area contributed by atoms with Gasteiger partial charge in [0, 0.05) is 0 Å². The number of rotatable bonds is 8. The van der Waals surface area contributed by atoms with Gasteiger partial charge in [-0.25, -0.2) is 15.3 Å². The monoisotopic (exact) mass is 394 g/mol. The topological polar surface area (TPSA) is 141 Å². The Morgan fingerprint density at radius 2 is 1.97 bits per heavy atom. The Kier molecular flexibility index (Phi) is 6.50. The average molecular weight is 394 g/mol. The zero-order chi connectivity index (χ0) is 20.5. The van der Waals surface area contributed by atoms with Crippen LogP contribution in [0.5, 0.6) is 5.75 Å². The van der Waals surface area contributed by atoms with Crippen LogP contribution in [0, 0.1) is 0 Å². The first-order chi connectivity index (χ1) is 14.1. The standard InChI is InChI=1S/C19H18N6O4/c26-16(11-20-17-18(27)22-19(28)25-24-17)23-21-10-14-7-4-8-15(9-14)29-12-13-5-2-1-3-6-13/h1-10H,11-12H2,(H,20,24)(H,23,26)(H2,22,25,27,28)/b21-10+. The molecule has 1 amide bonds. The van der Waals surface area contributed by atoms with Crippen LogP contribution in [0.1, 0.15) is 11.1 Å². The van der Waals surface area contributed by atoms with Gasteiger partial charge in [0.1, 0.15) is 12.4 Å². The molecule has 3 aromatic rings. The minimum atomic E-state index is -0.732. The smallest absolute Gasteiger partial charge is 0.342 e. The second-order valence-electron chi connectivity index (χ2n) is 5.85. The Labute approximate surface area is 164 Å². The highest BCUT2D eigenvalue weighted by atomic mass is 16.5. The van der Waals surface area contributed by atoms with Crippen LogP contribution >= 0.6 is 0 Å². The van der Waals surface area contributed by atoms with Gasteiger partial charge in [-0.1, -0.05) is 42.5 Å². The SMILES string of the molecule is O=C(CNc1n[nH]c(=O)[nH]c1=O)N/N=C/c1cccc(OCc2ccccc2)c1. The molecular formula is C19H18N6O4. The van der Waals surface area contributed by atoms with E-state index in [0.29, 0.717) is 12.4 Å². The molecular weight excluding hydrogens is 376 g/mol. The maximum absolute atomic E-state index is 11.8.